The molecule has 0 spiro atoms. The molecule has 0 aliphatic carbocycles. The van der Waals surface area contributed by atoms with Crippen molar-refractivity contribution in [2.45, 2.75) is 13.5 Å². The first kappa shape index (κ1) is 20.0. The lowest BCUT2D eigenvalue weighted by Gasteiger charge is -2.05. The number of nitrogens with zero attached hydrogens (tertiary/aromatic N) is 3. The molecular weight excluding hydrogens is 336 g/mol. The zero-order valence-electron chi connectivity index (χ0n) is 15.7. The van der Waals surface area contributed by atoms with Crippen LogP contribution < -0.4 is 5.73 Å². The van der Waals surface area contributed by atoms with E-state index in [1.807, 2.05) is 49.4 Å². The Morgan fingerprint density at radius 3 is 2.56 bits per heavy atom. The molecule has 0 aliphatic rings. The van der Waals surface area contributed by atoms with Gasteiger partial charge < -0.3 is 10.5 Å². The maximum Gasteiger partial charge on any atom is 0.162 e. The molecule has 138 valence electrons. The van der Waals surface area contributed by atoms with Gasteiger partial charge in [-0.25, -0.2) is 9.98 Å². The normalized spacial score (nSPS) is 13.2. The molecular formula is C22H24N4O. The summed E-state index contributed by atoms with van der Waals surface area (Å²) < 4.78 is 5.15. The van der Waals surface area contributed by atoms with Gasteiger partial charge in [-0.2, -0.15) is 0 Å². The average molecular weight is 360 g/mol. The topological polar surface area (TPSA) is 72.9 Å². The fraction of sp³-hybridized carbons (Fsp3) is 0.136. The van der Waals surface area contributed by atoms with E-state index in [1.165, 1.54) is 0 Å². The molecule has 5 heteroatoms. The van der Waals surface area contributed by atoms with Gasteiger partial charge in [0.2, 0.25) is 0 Å². The first-order valence-corrected chi connectivity index (χ1v) is 8.52. The lowest BCUT2D eigenvalue weighted by atomic mass is 10.0. The van der Waals surface area contributed by atoms with Crippen LogP contribution in [-0.4, -0.2) is 24.6 Å². The molecule has 2 rings (SSSR count). The zero-order chi connectivity index (χ0) is 19.5. The van der Waals surface area contributed by atoms with Gasteiger partial charge in [0, 0.05) is 25.1 Å². The largest absolute Gasteiger partial charge is 0.384 e. The smallest absolute Gasteiger partial charge is 0.162 e. The second kappa shape index (κ2) is 10.6. The summed E-state index contributed by atoms with van der Waals surface area (Å²) in [6.45, 7) is 6.12. The van der Waals surface area contributed by atoms with Crippen molar-refractivity contribution in [1.82, 2.24) is 4.98 Å². The number of pyridine rings is 1. The van der Waals surface area contributed by atoms with E-state index in [2.05, 4.69) is 33.8 Å². The van der Waals surface area contributed by atoms with Gasteiger partial charge in [-0.1, -0.05) is 42.5 Å². The van der Waals surface area contributed by atoms with Gasteiger partial charge in [0.15, 0.2) is 5.84 Å². The third-order valence-electron chi connectivity index (χ3n) is 3.68. The van der Waals surface area contributed by atoms with Crippen LogP contribution in [0.2, 0.25) is 0 Å². The number of aromatic nitrogens is 1. The summed E-state index contributed by atoms with van der Waals surface area (Å²) in [5.74, 6) is 0.765. The predicted octanol–water partition coefficient (Wildman–Crippen LogP) is 4.14. The van der Waals surface area contributed by atoms with Gasteiger partial charge in [-0.15, -0.1) is 0 Å². The zero-order valence-corrected chi connectivity index (χ0v) is 15.7. The van der Waals surface area contributed by atoms with Gasteiger partial charge in [0.05, 0.1) is 6.61 Å². The van der Waals surface area contributed by atoms with Gasteiger partial charge in [-0.3, -0.25) is 4.98 Å². The van der Waals surface area contributed by atoms with E-state index < -0.39 is 0 Å². The standard InChI is InChI=1S/C22H24N4O/c1-4-6-18(19-10-8-17(9-11-19)16-27-3)12-13-21(23)26-22(24-2)20-7-5-14-25-15-20/h4-15H,2,16,23H2,1,3H3/b6-4+,18-12+,21-13+,26-22-. The van der Waals surface area contributed by atoms with Crippen LogP contribution in [-0.2, 0) is 11.3 Å². The Kier molecular flexibility index (Phi) is 7.88. The van der Waals surface area contributed by atoms with E-state index >= 15 is 0 Å². The van der Waals surface area contributed by atoms with Crippen molar-refractivity contribution in [3.05, 3.63) is 95.6 Å². The van der Waals surface area contributed by atoms with Gasteiger partial charge in [0.25, 0.3) is 0 Å². The highest BCUT2D eigenvalue weighted by Gasteiger charge is 2.01. The molecule has 5 nitrogen and oxygen atoms in total. The summed E-state index contributed by atoms with van der Waals surface area (Å²) >= 11 is 0. The maximum atomic E-state index is 6.05. The second-order valence-electron chi connectivity index (χ2n) is 5.68. The molecule has 0 radical (unpaired) electrons. The Labute approximate surface area is 160 Å². The van der Waals surface area contributed by atoms with E-state index in [1.54, 1.807) is 25.6 Å². The predicted molar refractivity (Wildman–Crippen MR) is 113 cm³/mol. The van der Waals surface area contributed by atoms with Crippen LogP contribution in [0.25, 0.3) is 5.57 Å². The van der Waals surface area contributed by atoms with E-state index in [4.69, 9.17) is 10.5 Å². The fourth-order valence-corrected chi connectivity index (χ4v) is 2.41. The van der Waals surface area contributed by atoms with Crippen molar-refractivity contribution in [3.63, 3.8) is 0 Å². The van der Waals surface area contributed by atoms with Crippen LogP contribution >= 0.6 is 0 Å². The number of allylic oxidation sites excluding steroid dienone is 5. The minimum atomic E-state index is 0.333. The fourth-order valence-electron chi connectivity index (χ4n) is 2.41. The Hall–Kier alpha value is -3.31. The number of methoxy groups -OCH3 is 1. The molecule has 2 N–H and O–H groups in total. The summed E-state index contributed by atoms with van der Waals surface area (Å²) in [6.07, 6.45) is 11.0. The Morgan fingerprint density at radius 1 is 1.19 bits per heavy atom. The highest BCUT2D eigenvalue weighted by molar-refractivity contribution is 6.01. The summed E-state index contributed by atoms with van der Waals surface area (Å²) in [4.78, 5) is 12.3. The van der Waals surface area contributed by atoms with Crippen molar-refractivity contribution >= 4 is 18.1 Å². The van der Waals surface area contributed by atoms with Crippen LogP contribution in [0.4, 0.5) is 0 Å². The van der Waals surface area contributed by atoms with Crippen molar-refractivity contribution < 1.29 is 4.74 Å². The maximum absolute atomic E-state index is 6.05. The van der Waals surface area contributed by atoms with Gasteiger partial charge in [0.1, 0.15) is 5.82 Å². The number of hydrogen-bond donors (Lipinski definition) is 1. The molecule has 27 heavy (non-hydrogen) atoms. The minimum Gasteiger partial charge on any atom is -0.384 e. The summed E-state index contributed by atoms with van der Waals surface area (Å²) in [7, 11) is 1.69. The molecule has 0 saturated heterocycles. The molecule has 1 aromatic heterocycles. The first-order chi connectivity index (χ1) is 13.2. The number of nitrogens with two attached hydrogens (primary N) is 1. The summed E-state index contributed by atoms with van der Waals surface area (Å²) in [5, 5.41) is 0. The first-order valence-electron chi connectivity index (χ1n) is 8.52. The highest BCUT2D eigenvalue weighted by atomic mass is 16.5. The minimum absolute atomic E-state index is 0.333. The van der Waals surface area contributed by atoms with E-state index in [0.717, 1.165) is 22.3 Å². The third kappa shape index (κ3) is 6.17. The van der Waals surface area contributed by atoms with Crippen LogP contribution in [0.3, 0.4) is 0 Å². The summed E-state index contributed by atoms with van der Waals surface area (Å²) in [6, 6.07) is 11.9. The molecule has 2 aromatic rings. The van der Waals surface area contributed by atoms with Crippen LogP contribution in [0, 0.1) is 0 Å². The summed E-state index contributed by atoms with van der Waals surface area (Å²) in [5.41, 5.74) is 10.0. The third-order valence-corrected chi connectivity index (χ3v) is 3.68. The number of aliphatic imine (C=N–C) groups is 2. The highest BCUT2D eigenvalue weighted by Crippen LogP contribution is 2.18. The van der Waals surface area contributed by atoms with Crippen molar-refractivity contribution in [1.29, 1.82) is 0 Å². The van der Waals surface area contributed by atoms with Crippen LogP contribution in [0.15, 0.2) is 88.9 Å². The number of ether oxygens (including phenoxy) is 1. The van der Waals surface area contributed by atoms with Crippen molar-refractivity contribution in [3.8, 4) is 0 Å². The SMILES string of the molecule is C=N\C(=N/C(N)=C/C=C(\C=C\C)c1ccc(COC)cc1)c1cccnc1. The van der Waals surface area contributed by atoms with Gasteiger partial charge >= 0.3 is 0 Å². The van der Waals surface area contributed by atoms with E-state index in [0.29, 0.717) is 18.3 Å². The number of hydrogen-bond acceptors (Lipinski definition) is 4. The molecule has 1 heterocycles. The Balaban J connectivity index is 2.28. The molecule has 0 bridgehead atoms. The second-order valence-corrected chi connectivity index (χ2v) is 5.68. The molecule has 0 atom stereocenters. The quantitative estimate of drug-likeness (QED) is 0.458. The number of amidine groups is 1. The molecule has 0 amide bonds. The van der Waals surface area contributed by atoms with Crippen LogP contribution in [0.5, 0.6) is 0 Å². The lowest BCUT2D eigenvalue weighted by Crippen LogP contribution is -2.02. The molecule has 0 aliphatic heterocycles. The Bertz CT molecular complexity index is 863. The molecule has 0 unspecified atom stereocenters. The average Bonchev–Trinajstić information content (AvgIpc) is 2.71. The van der Waals surface area contributed by atoms with E-state index in [-0.39, 0.29) is 0 Å². The number of benzene rings is 1. The molecule has 1 aromatic carbocycles. The lowest BCUT2D eigenvalue weighted by molar-refractivity contribution is 0.185. The Morgan fingerprint density at radius 2 is 1.96 bits per heavy atom. The van der Waals surface area contributed by atoms with Crippen LogP contribution in [0.1, 0.15) is 23.6 Å². The van der Waals surface area contributed by atoms with Crippen molar-refractivity contribution in [2.24, 2.45) is 15.7 Å². The van der Waals surface area contributed by atoms with E-state index in [9.17, 15) is 0 Å². The van der Waals surface area contributed by atoms with Gasteiger partial charge in [-0.05, 0) is 48.6 Å². The molecule has 0 saturated carbocycles. The van der Waals surface area contributed by atoms with Crippen molar-refractivity contribution in [2.75, 3.05) is 7.11 Å². The number of rotatable bonds is 7. The monoisotopic (exact) mass is 360 g/mol. The molecule has 0 fully saturated rings.